The summed E-state index contributed by atoms with van der Waals surface area (Å²) in [6, 6.07) is 10.3. The van der Waals surface area contributed by atoms with Crippen molar-refractivity contribution >= 4 is 23.0 Å². The highest BCUT2D eigenvalue weighted by Crippen LogP contribution is 2.16. The molecule has 0 saturated heterocycles. The van der Waals surface area contributed by atoms with Crippen LogP contribution in [0.5, 0.6) is 0 Å². The third-order valence-corrected chi connectivity index (χ3v) is 4.34. The molecule has 2 aromatic heterocycles. The van der Waals surface area contributed by atoms with Crippen LogP contribution in [0.3, 0.4) is 0 Å². The van der Waals surface area contributed by atoms with Crippen molar-refractivity contribution in [3.63, 3.8) is 0 Å². The van der Waals surface area contributed by atoms with E-state index in [2.05, 4.69) is 15.5 Å². The van der Waals surface area contributed by atoms with Crippen molar-refractivity contribution < 1.29 is 14.1 Å². The van der Waals surface area contributed by atoms with Crippen molar-refractivity contribution in [1.29, 1.82) is 0 Å². The number of Topliss-reactive ketones (excluding diaryl/α,β-unsaturated/α-hetero) is 1. The predicted molar refractivity (Wildman–Crippen MR) is 89.9 cm³/mol. The zero-order chi connectivity index (χ0) is 16.9. The van der Waals surface area contributed by atoms with Crippen LogP contribution in [-0.4, -0.2) is 27.9 Å². The Bertz CT molecular complexity index is 811. The van der Waals surface area contributed by atoms with E-state index in [1.54, 1.807) is 30.3 Å². The molecule has 1 atom stereocenters. The van der Waals surface area contributed by atoms with Gasteiger partial charge in [-0.2, -0.15) is 4.98 Å². The molecule has 1 N–H and O–H groups in total. The molecular formula is C17H15N3O3S. The maximum Gasteiger partial charge on any atom is 0.251 e. The summed E-state index contributed by atoms with van der Waals surface area (Å²) in [4.78, 5) is 29.0. The second-order valence-corrected chi connectivity index (χ2v) is 6.26. The van der Waals surface area contributed by atoms with Gasteiger partial charge in [-0.1, -0.05) is 23.4 Å². The van der Waals surface area contributed by atoms with Crippen LogP contribution in [0.1, 0.15) is 33.4 Å². The van der Waals surface area contributed by atoms with E-state index in [0.717, 1.165) is 5.56 Å². The molecule has 122 valence electrons. The third-order valence-electron chi connectivity index (χ3n) is 3.43. The van der Waals surface area contributed by atoms with Gasteiger partial charge in [-0.3, -0.25) is 9.59 Å². The van der Waals surface area contributed by atoms with E-state index < -0.39 is 0 Å². The molecule has 0 aliphatic rings. The maximum absolute atomic E-state index is 12.3. The Morgan fingerprint density at radius 1 is 1.25 bits per heavy atom. The lowest BCUT2D eigenvalue weighted by atomic mass is 10.1. The van der Waals surface area contributed by atoms with Crippen LogP contribution in [0, 0.1) is 0 Å². The summed E-state index contributed by atoms with van der Waals surface area (Å²) in [6.45, 7) is 1.82. The smallest absolute Gasteiger partial charge is 0.251 e. The molecule has 0 fully saturated rings. The molecule has 1 amide bonds. The van der Waals surface area contributed by atoms with Crippen molar-refractivity contribution in [2.45, 2.75) is 19.4 Å². The summed E-state index contributed by atoms with van der Waals surface area (Å²) in [6.07, 6.45) is 1.52. The lowest BCUT2D eigenvalue weighted by molar-refractivity contribution is 0.0919. The minimum absolute atomic E-state index is 0.0326. The van der Waals surface area contributed by atoms with Gasteiger partial charge >= 0.3 is 0 Å². The lowest BCUT2D eigenvalue weighted by Crippen LogP contribution is -2.34. The van der Waals surface area contributed by atoms with Gasteiger partial charge in [0.05, 0.1) is 4.88 Å². The quantitative estimate of drug-likeness (QED) is 0.696. The number of nitrogens with one attached hydrogen (secondary N) is 1. The lowest BCUT2D eigenvalue weighted by Gasteiger charge is -2.13. The Hall–Kier alpha value is -2.80. The SMILES string of the molecule is CC(CC(=O)c1cccs1)NC(=O)c1ccc(-c2ncon2)cc1. The molecule has 2 heterocycles. The number of nitrogens with zero attached hydrogens (tertiary/aromatic N) is 2. The Balaban J connectivity index is 1.59. The third kappa shape index (κ3) is 3.75. The number of carbonyl (C=O) groups excluding carboxylic acids is 2. The molecule has 3 rings (SSSR count). The minimum Gasteiger partial charge on any atom is -0.349 e. The van der Waals surface area contributed by atoms with E-state index in [-0.39, 0.29) is 24.2 Å². The summed E-state index contributed by atoms with van der Waals surface area (Å²) in [5, 5.41) is 8.44. The fraction of sp³-hybridized carbons (Fsp3) is 0.176. The molecule has 7 heteroatoms. The summed E-state index contributed by atoms with van der Waals surface area (Å²) in [7, 11) is 0. The van der Waals surface area contributed by atoms with Crippen LogP contribution in [0.2, 0.25) is 0 Å². The average molecular weight is 341 g/mol. The largest absolute Gasteiger partial charge is 0.349 e. The second-order valence-electron chi connectivity index (χ2n) is 5.31. The number of aromatic nitrogens is 2. The van der Waals surface area contributed by atoms with Crippen LogP contribution in [0.4, 0.5) is 0 Å². The molecule has 1 aromatic carbocycles. The standard InChI is InChI=1S/C17H15N3O3S/c1-11(9-14(21)15-3-2-8-24-15)19-17(22)13-6-4-12(5-7-13)16-18-10-23-20-16/h2-8,10-11H,9H2,1H3,(H,19,22). The molecule has 0 saturated carbocycles. The van der Waals surface area contributed by atoms with Gasteiger partial charge < -0.3 is 9.84 Å². The first kappa shape index (κ1) is 16.1. The van der Waals surface area contributed by atoms with Crippen LogP contribution >= 0.6 is 11.3 Å². The number of hydrogen-bond donors (Lipinski definition) is 1. The molecule has 0 bridgehead atoms. The van der Waals surface area contributed by atoms with Crippen LogP contribution < -0.4 is 5.32 Å². The van der Waals surface area contributed by atoms with Crippen LogP contribution in [-0.2, 0) is 0 Å². The fourth-order valence-electron chi connectivity index (χ4n) is 2.24. The van der Waals surface area contributed by atoms with Crippen LogP contribution in [0.15, 0.2) is 52.7 Å². The maximum atomic E-state index is 12.3. The van der Waals surface area contributed by atoms with Gasteiger partial charge in [-0.25, -0.2) is 0 Å². The van der Waals surface area contributed by atoms with E-state index >= 15 is 0 Å². The number of ketones is 1. The van der Waals surface area contributed by atoms with E-state index in [1.807, 2.05) is 18.4 Å². The number of thiophene rings is 1. The minimum atomic E-state index is -0.246. The molecule has 6 nitrogen and oxygen atoms in total. The summed E-state index contributed by atoms with van der Waals surface area (Å²) < 4.78 is 4.70. The first-order chi connectivity index (χ1) is 11.6. The number of benzene rings is 1. The Morgan fingerprint density at radius 2 is 2.04 bits per heavy atom. The van der Waals surface area contributed by atoms with Gasteiger partial charge in [0.1, 0.15) is 0 Å². The number of hydrogen-bond acceptors (Lipinski definition) is 6. The zero-order valence-corrected chi connectivity index (χ0v) is 13.7. The zero-order valence-electron chi connectivity index (χ0n) is 12.9. The molecule has 0 aliphatic carbocycles. The van der Waals surface area contributed by atoms with Gasteiger partial charge in [0.2, 0.25) is 12.2 Å². The molecule has 0 spiro atoms. The van der Waals surface area contributed by atoms with Gasteiger partial charge in [-0.15, -0.1) is 11.3 Å². The van der Waals surface area contributed by atoms with Crippen molar-refractivity contribution in [3.8, 4) is 11.4 Å². The first-order valence-corrected chi connectivity index (χ1v) is 8.26. The number of rotatable bonds is 6. The fourth-order valence-corrected chi connectivity index (χ4v) is 2.92. The Labute approximate surface area is 142 Å². The molecule has 3 aromatic rings. The van der Waals surface area contributed by atoms with E-state index in [0.29, 0.717) is 16.3 Å². The molecule has 0 radical (unpaired) electrons. The predicted octanol–water partition coefficient (Wildman–Crippen LogP) is 3.19. The Kier molecular flexibility index (Phi) is 4.81. The average Bonchev–Trinajstić information content (AvgIpc) is 3.28. The van der Waals surface area contributed by atoms with Gasteiger partial charge in [0, 0.05) is 23.6 Å². The topological polar surface area (TPSA) is 85.1 Å². The summed E-state index contributed by atoms with van der Waals surface area (Å²) in [5.74, 6) is 0.281. The monoisotopic (exact) mass is 341 g/mol. The van der Waals surface area contributed by atoms with Gasteiger partial charge in [-0.05, 0) is 30.5 Å². The molecule has 0 aliphatic heterocycles. The van der Waals surface area contributed by atoms with Gasteiger partial charge in [0.15, 0.2) is 5.78 Å². The van der Waals surface area contributed by atoms with Crippen molar-refractivity contribution in [2.75, 3.05) is 0 Å². The molecule has 1 unspecified atom stereocenters. The van der Waals surface area contributed by atoms with Crippen molar-refractivity contribution in [2.24, 2.45) is 0 Å². The number of carbonyl (C=O) groups is 2. The second kappa shape index (κ2) is 7.18. The molecular weight excluding hydrogens is 326 g/mol. The summed E-state index contributed by atoms with van der Waals surface area (Å²) in [5.41, 5.74) is 1.28. The van der Waals surface area contributed by atoms with E-state index in [9.17, 15) is 9.59 Å². The highest BCUT2D eigenvalue weighted by atomic mass is 32.1. The highest BCUT2D eigenvalue weighted by molar-refractivity contribution is 7.12. The van der Waals surface area contributed by atoms with E-state index in [1.165, 1.54) is 17.7 Å². The van der Waals surface area contributed by atoms with Crippen molar-refractivity contribution in [1.82, 2.24) is 15.5 Å². The van der Waals surface area contributed by atoms with Crippen molar-refractivity contribution in [3.05, 3.63) is 58.6 Å². The van der Waals surface area contributed by atoms with Gasteiger partial charge in [0.25, 0.3) is 5.91 Å². The summed E-state index contributed by atoms with van der Waals surface area (Å²) >= 11 is 1.41. The Morgan fingerprint density at radius 3 is 2.67 bits per heavy atom. The van der Waals surface area contributed by atoms with Crippen LogP contribution in [0.25, 0.3) is 11.4 Å². The first-order valence-electron chi connectivity index (χ1n) is 7.38. The number of amides is 1. The molecule has 24 heavy (non-hydrogen) atoms. The normalized spacial score (nSPS) is 11.9. The van der Waals surface area contributed by atoms with E-state index in [4.69, 9.17) is 4.52 Å². The highest BCUT2D eigenvalue weighted by Gasteiger charge is 2.15.